The number of likely N-dealkylation sites (tertiary alicyclic amines) is 1. The molecule has 1 aliphatic rings. The van der Waals surface area contributed by atoms with Crippen molar-refractivity contribution in [2.45, 2.75) is 39.7 Å². The van der Waals surface area contributed by atoms with Crippen molar-refractivity contribution in [3.8, 4) is 0 Å². The van der Waals surface area contributed by atoms with Gasteiger partial charge < -0.3 is 9.84 Å². The molecule has 0 bridgehead atoms. The number of carbonyl (C=O) groups is 1. The molecule has 7 nitrogen and oxygen atoms in total. The second-order valence-corrected chi connectivity index (χ2v) is 6.17. The average Bonchev–Trinajstić information content (AvgIpc) is 3.05. The first-order valence-electron chi connectivity index (χ1n) is 8.42. The number of nitrogens with zero attached hydrogens (tertiary/aromatic N) is 4. The molecule has 1 N–H and O–H groups in total. The minimum atomic E-state index is 0.0270. The highest BCUT2D eigenvalue weighted by Crippen LogP contribution is 2.21. The minimum Gasteiger partial charge on any atom is -0.339 e. The number of hydrogen-bond donors (Lipinski definition) is 1. The smallest absolute Gasteiger partial charge is 0.228 e. The van der Waals surface area contributed by atoms with Gasteiger partial charge in [-0.05, 0) is 44.5 Å². The van der Waals surface area contributed by atoms with Gasteiger partial charge in [0.15, 0.2) is 5.82 Å². The predicted molar refractivity (Wildman–Crippen MR) is 89.3 cm³/mol. The van der Waals surface area contributed by atoms with Crippen LogP contribution in [0.2, 0.25) is 0 Å². The van der Waals surface area contributed by atoms with Crippen LogP contribution in [0.25, 0.3) is 0 Å². The van der Waals surface area contributed by atoms with Gasteiger partial charge in [0.05, 0.1) is 6.54 Å². The van der Waals surface area contributed by atoms with Crippen LogP contribution in [0.4, 0.5) is 5.82 Å². The molecule has 1 amide bonds. The molecule has 128 valence electrons. The molecule has 0 aromatic carbocycles. The Morgan fingerprint density at radius 1 is 1.42 bits per heavy atom. The monoisotopic (exact) mass is 329 g/mol. The van der Waals surface area contributed by atoms with Gasteiger partial charge in [0.25, 0.3) is 0 Å². The van der Waals surface area contributed by atoms with Crippen molar-refractivity contribution in [2.24, 2.45) is 5.92 Å². The lowest BCUT2D eigenvalue weighted by Gasteiger charge is -2.30. The van der Waals surface area contributed by atoms with Crippen LogP contribution in [0, 0.1) is 12.8 Å². The average molecular weight is 329 g/mol. The van der Waals surface area contributed by atoms with E-state index in [2.05, 4.69) is 25.3 Å². The molecule has 3 heterocycles. The lowest BCUT2D eigenvalue weighted by atomic mass is 9.96. The number of hydrogen-bond acceptors (Lipinski definition) is 6. The minimum absolute atomic E-state index is 0.0270. The predicted octanol–water partition coefficient (Wildman–Crippen LogP) is 2.19. The third-order valence-electron chi connectivity index (χ3n) is 4.39. The number of pyridine rings is 1. The Hall–Kier alpha value is -2.28. The number of amides is 1. The van der Waals surface area contributed by atoms with E-state index in [1.165, 1.54) is 0 Å². The number of rotatable bonds is 5. The molecular formula is C17H23N5O2. The van der Waals surface area contributed by atoms with Crippen molar-refractivity contribution in [3.05, 3.63) is 35.6 Å². The highest BCUT2D eigenvalue weighted by Gasteiger charge is 2.26. The zero-order valence-corrected chi connectivity index (χ0v) is 14.2. The molecule has 0 radical (unpaired) electrons. The molecule has 7 heteroatoms. The van der Waals surface area contributed by atoms with Gasteiger partial charge in [-0.15, -0.1) is 0 Å². The molecule has 24 heavy (non-hydrogen) atoms. The summed E-state index contributed by atoms with van der Waals surface area (Å²) in [4.78, 5) is 23.2. The summed E-state index contributed by atoms with van der Waals surface area (Å²) in [6.45, 7) is 6.33. The molecule has 1 fully saturated rings. The van der Waals surface area contributed by atoms with Crippen LogP contribution in [0.15, 0.2) is 22.9 Å². The van der Waals surface area contributed by atoms with Crippen molar-refractivity contribution in [1.29, 1.82) is 0 Å². The first-order chi connectivity index (χ1) is 11.7. The fourth-order valence-corrected chi connectivity index (χ4v) is 2.89. The maximum atomic E-state index is 12.4. The van der Waals surface area contributed by atoms with E-state index in [1.807, 2.05) is 26.0 Å². The van der Waals surface area contributed by atoms with Gasteiger partial charge in [0.1, 0.15) is 5.82 Å². The first kappa shape index (κ1) is 16.6. The third-order valence-corrected chi connectivity index (χ3v) is 4.39. The third kappa shape index (κ3) is 3.97. The summed E-state index contributed by atoms with van der Waals surface area (Å²) < 4.78 is 5.13. The van der Waals surface area contributed by atoms with E-state index in [9.17, 15) is 4.79 Å². The van der Waals surface area contributed by atoms with E-state index in [4.69, 9.17) is 4.52 Å². The summed E-state index contributed by atoms with van der Waals surface area (Å²) in [6.07, 6.45) is 4.11. The van der Waals surface area contributed by atoms with E-state index in [0.29, 0.717) is 18.3 Å². The number of piperidine rings is 1. The van der Waals surface area contributed by atoms with Gasteiger partial charge in [-0.3, -0.25) is 9.69 Å². The Bertz CT molecular complexity index is 692. The highest BCUT2D eigenvalue weighted by molar-refractivity contribution is 5.92. The lowest BCUT2D eigenvalue weighted by molar-refractivity contribution is -0.121. The van der Waals surface area contributed by atoms with Crippen LogP contribution >= 0.6 is 0 Å². The van der Waals surface area contributed by atoms with E-state index in [0.717, 1.165) is 43.7 Å². The Kier molecular flexibility index (Phi) is 5.20. The van der Waals surface area contributed by atoms with Crippen molar-refractivity contribution in [3.63, 3.8) is 0 Å². The number of carbonyl (C=O) groups excluding carboxylic acids is 1. The van der Waals surface area contributed by atoms with Crippen LogP contribution in [0.3, 0.4) is 0 Å². The standard InChI is InChI=1S/C17H23N5O2/c1-3-15-19-14(21-24-15)11-22-9-6-13(7-10-22)17(23)20-16-12(2)5-4-8-18-16/h4-5,8,13H,3,6-7,9-11H2,1-2H3,(H,18,20,23). The summed E-state index contributed by atoms with van der Waals surface area (Å²) in [5, 5.41) is 6.93. The van der Waals surface area contributed by atoms with Crippen molar-refractivity contribution < 1.29 is 9.32 Å². The molecule has 2 aromatic rings. The van der Waals surface area contributed by atoms with Crippen LogP contribution in [-0.2, 0) is 17.8 Å². The molecule has 0 saturated carbocycles. The molecule has 1 saturated heterocycles. The van der Waals surface area contributed by atoms with Crippen molar-refractivity contribution in [1.82, 2.24) is 20.0 Å². The molecule has 3 rings (SSSR count). The van der Waals surface area contributed by atoms with Gasteiger partial charge in [0.2, 0.25) is 11.8 Å². The molecule has 2 aromatic heterocycles. The van der Waals surface area contributed by atoms with E-state index in [-0.39, 0.29) is 11.8 Å². The quantitative estimate of drug-likeness (QED) is 0.905. The van der Waals surface area contributed by atoms with Crippen LogP contribution in [0.1, 0.15) is 37.0 Å². The molecule has 0 atom stereocenters. The van der Waals surface area contributed by atoms with Crippen LogP contribution < -0.4 is 5.32 Å². The van der Waals surface area contributed by atoms with Gasteiger partial charge in [-0.2, -0.15) is 4.98 Å². The Labute approximate surface area is 141 Å². The van der Waals surface area contributed by atoms with Gasteiger partial charge in [-0.1, -0.05) is 18.1 Å². The van der Waals surface area contributed by atoms with Crippen LogP contribution in [0.5, 0.6) is 0 Å². The van der Waals surface area contributed by atoms with Crippen LogP contribution in [-0.4, -0.2) is 39.0 Å². The number of nitrogens with one attached hydrogen (secondary N) is 1. The highest BCUT2D eigenvalue weighted by atomic mass is 16.5. The van der Waals surface area contributed by atoms with E-state index in [1.54, 1.807) is 6.20 Å². The number of aryl methyl sites for hydroxylation is 2. The zero-order valence-electron chi connectivity index (χ0n) is 14.2. The molecule has 0 spiro atoms. The van der Waals surface area contributed by atoms with E-state index >= 15 is 0 Å². The first-order valence-corrected chi connectivity index (χ1v) is 8.42. The second kappa shape index (κ2) is 7.53. The molecular weight excluding hydrogens is 306 g/mol. The summed E-state index contributed by atoms with van der Waals surface area (Å²) >= 11 is 0. The Morgan fingerprint density at radius 3 is 2.88 bits per heavy atom. The maximum absolute atomic E-state index is 12.4. The summed E-state index contributed by atoms with van der Waals surface area (Å²) in [5.74, 6) is 2.14. The number of aromatic nitrogens is 3. The Balaban J connectivity index is 1.49. The fourth-order valence-electron chi connectivity index (χ4n) is 2.89. The van der Waals surface area contributed by atoms with Crippen molar-refractivity contribution in [2.75, 3.05) is 18.4 Å². The summed E-state index contributed by atoms with van der Waals surface area (Å²) in [6, 6.07) is 3.81. The maximum Gasteiger partial charge on any atom is 0.228 e. The summed E-state index contributed by atoms with van der Waals surface area (Å²) in [5.41, 5.74) is 0.979. The van der Waals surface area contributed by atoms with Crippen molar-refractivity contribution >= 4 is 11.7 Å². The van der Waals surface area contributed by atoms with E-state index < -0.39 is 0 Å². The van der Waals surface area contributed by atoms with Gasteiger partial charge in [-0.25, -0.2) is 4.98 Å². The SMILES string of the molecule is CCc1nc(CN2CCC(C(=O)Nc3ncccc3C)CC2)no1. The van der Waals surface area contributed by atoms with Gasteiger partial charge >= 0.3 is 0 Å². The lowest BCUT2D eigenvalue weighted by Crippen LogP contribution is -2.38. The normalized spacial score (nSPS) is 16.2. The number of anilines is 1. The Morgan fingerprint density at radius 2 is 2.21 bits per heavy atom. The topological polar surface area (TPSA) is 84.2 Å². The molecule has 0 unspecified atom stereocenters. The fraction of sp³-hybridized carbons (Fsp3) is 0.529. The molecule has 0 aliphatic carbocycles. The summed E-state index contributed by atoms with van der Waals surface area (Å²) in [7, 11) is 0. The molecule has 1 aliphatic heterocycles. The van der Waals surface area contributed by atoms with Gasteiger partial charge in [0, 0.05) is 18.5 Å². The zero-order chi connectivity index (χ0) is 16.9. The second-order valence-electron chi connectivity index (χ2n) is 6.17. The largest absolute Gasteiger partial charge is 0.339 e.